The van der Waals surface area contributed by atoms with Crippen molar-refractivity contribution in [2.24, 2.45) is 5.41 Å². The summed E-state index contributed by atoms with van der Waals surface area (Å²) in [6.45, 7) is 14.0. The number of nitrogens with one attached hydrogen (secondary N) is 2. The maximum Gasteiger partial charge on any atom is 0.319 e. The molecule has 7 nitrogen and oxygen atoms in total. The average molecular weight is 491 g/mol. The van der Waals surface area contributed by atoms with Crippen LogP contribution >= 0.6 is 0 Å². The van der Waals surface area contributed by atoms with Gasteiger partial charge in [-0.25, -0.2) is 9.78 Å². The number of carbonyl (C=O) groups excluding carboxylic acids is 1. The van der Waals surface area contributed by atoms with Gasteiger partial charge in [-0.2, -0.15) is 0 Å². The van der Waals surface area contributed by atoms with Gasteiger partial charge < -0.3 is 24.7 Å². The van der Waals surface area contributed by atoms with Crippen molar-refractivity contribution in [2.45, 2.75) is 59.2 Å². The molecule has 7 heteroatoms. The standard InChI is InChI=1S/C29H38N4O3/c1-20(2)24-8-7-9-25(21(3)4)26(24)32-27(34)31-16-29(35-17-28(5,6)18-36-29)22-10-12-23(13-11-22)33-15-14-30-19-33/h7-15,19-21H,16-18H2,1-6H3,(H2,31,32,34). The molecule has 0 spiro atoms. The van der Waals surface area contributed by atoms with Gasteiger partial charge in [-0.3, -0.25) is 0 Å². The summed E-state index contributed by atoms with van der Waals surface area (Å²) in [5.74, 6) is -0.503. The van der Waals surface area contributed by atoms with Crippen molar-refractivity contribution < 1.29 is 14.3 Å². The quantitative estimate of drug-likeness (QED) is 0.415. The Labute approximate surface area is 214 Å². The summed E-state index contributed by atoms with van der Waals surface area (Å²) in [5, 5.41) is 6.15. The number of benzene rings is 2. The van der Waals surface area contributed by atoms with E-state index in [4.69, 9.17) is 9.47 Å². The number of amides is 2. The smallest absolute Gasteiger partial charge is 0.319 e. The summed E-state index contributed by atoms with van der Waals surface area (Å²) in [4.78, 5) is 17.3. The maximum atomic E-state index is 13.2. The molecule has 2 heterocycles. The number of urea groups is 1. The molecule has 0 radical (unpaired) electrons. The number of carbonyl (C=O) groups is 1. The number of aromatic nitrogens is 2. The highest BCUT2D eigenvalue weighted by molar-refractivity contribution is 5.91. The Bertz CT molecular complexity index is 1130. The lowest BCUT2D eigenvalue weighted by atomic mass is 9.92. The Kier molecular flexibility index (Phi) is 7.52. The van der Waals surface area contributed by atoms with Crippen LogP contribution in [0.5, 0.6) is 0 Å². The van der Waals surface area contributed by atoms with Crippen LogP contribution in [0.4, 0.5) is 10.5 Å². The minimum absolute atomic E-state index is 0.106. The number of imidazole rings is 1. The second kappa shape index (κ2) is 10.4. The lowest BCUT2D eigenvalue weighted by Crippen LogP contribution is -2.52. The van der Waals surface area contributed by atoms with Crippen LogP contribution in [-0.4, -0.2) is 35.3 Å². The lowest BCUT2D eigenvalue weighted by Gasteiger charge is -2.43. The molecule has 0 atom stereocenters. The molecule has 2 amide bonds. The third kappa shape index (κ3) is 5.63. The summed E-state index contributed by atoms with van der Waals surface area (Å²) < 4.78 is 14.6. The van der Waals surface area contributed by atoms with E-state index in [1.165, 1.54) is 0 Å². The first-order chi connectivity index (χ1) is 17.1. The van der Waals surface area contributed by atoms with Crippen LogP contribution in [0.2, 0.25) is 0 Å². The zero-order valence-electron chi connectivity index (χ0n) is 22.2. The highest BCUT2D eigenvalue weighted by atomic mass is 16.7. The molecule has 1 aromatic heterocycles. The van der Waals surface area contributed by atoms with E-state index in [0.29, 0.717) is 13.2 Å². The fourth-order valence-corrected chi connectivity index (χ4v) is 4.43. The second-order valence-corrected chi connectivity index (χ2v) is 10.9. The number of nitrogens with zero attached hydrogens (tertiary/aromatic N) is 2. The molecular formula is C29H38N4O3. The van der Waals surface area contributed by atoms with E-state index in [1.54, 1.807) is 12.5 Å². The summed E-state index contributed by atoms with van der Waals surface area (Å²) in [5.41, 5.74) is 4.85. The first-order valence-corrected chi connectivity index (χ1v) is 12.6. The molecule has 3 aromatic rings. The second-order valence-electron chi connectivity index (χ2n) is 10.9. The van der Waals surface area contributed by atoms with Crippen molar-refractivity contribution in [3.63, 3.8) is 0 Å². The van der Waals surface area contributed by atoms with E-state index in [2.05, 4.69) is 75.4 Å². The van der Waals surface area contributed by atoms with E-state index in [0.717, 1.165) is 28.1 Å². The number of anilines is 1. The number of hydrogen-bond acceptors (Lipinski definition) is 4. The topological polar surface area (TPSA) is 77.4 Å². The van der Waals surface area contributed by atoms with Gasteiger partial charge in [0, 0.05) is 34.7 Å². The van der Waals surface area contributed by atoms with E-state index in [1.807, 2.05) is 35.0 Å². The number of ether oxygens (including phenoxy) is 2. The summed E-state index contributed by atoms with van der Waals surface area (Å²) >= 11 is 0. The SMILES string of the molecule is CC(C)c1cccc(C(C)C)c1NC(=O)NCC1(c2ccc(-n3ccnc3)cc2)OCC(C)(C)CO1. The van der Waals surface area contributed by atoms with Crippen LogP contribution in [-0.2, 0) is 15.3 Å². The first kappa shape index (κ1) is 25.9. The van der Waals surface area contributed by atoms with Crippen molar-refractivity contribution in [1.82, 2.24) is 14.9 Å². The predicted octanol–water partition coefficient (Wildman–Crippen LogP) is 6.17. The Morgan fingerprint density at radius 3 is 2.14 bits per heavy atom. The molecule has 0 saturated carbocycles. The molecule has 0 unspecified atom stereocenters. The molecule has 192 valence electrons. The molecule has 36 heavy (non-hydrogen) atoms. The minimum Gasteiger partial charge on any atom is -0.344 e. The largest absolute Gasteiger partial charge is 0.344 e. The molecule has 1 fully saturated rings. The third-order valence-corrected chi connectivity index (χ3v) is 6.59. The Hall–Kier alpha value is -3.16. The normalized spacial score (nSPS) is 16.8. The highest BCUT2D eigenvalue weighted by Gasteiger charge is 2.42. The fraction of sp³-hybridized carbons (Fsp3) is 0.448. The van der Waals surface area contributed by atoms with Crippen LogP contribution in [0.3, 0.4) is 0 Å². The van der Waals surface area contributed by atoms with Crippen LogP contribution < -0.4 is 10.6 Å². The summed E-state index contributed by atoms with van der Waals surface area (Å²) in [6.07, 6.45) is 5.40. The van der Waals surface area contributed by atoms with E-state index in [-0.39, 0.29) is 29.8 Å². The number of para-hydroxylation sites is 1. The van der Waals surface area contributed by atoms with Gasteiger partial charge in [0.05, 0.1) is 26.1 Å². The van der Waals surface area contributed by atoms with Gasteiger partial charge in [0.15, 0.2) is 0 Å². The average Bonchev–Trinajstić information content (AvgIpc) is 3.39. The molecule has 1 saturated heterocycles. The van der Waals surface area contributed by atoms with E-state index < -0.39 is 5.79 Å². The van der Waals surface area contributed by atoms with Gasteiger partial charge in [0.25, 0.3) is 0 Å². The van der Waals surface area contributed by atoms with Gasteiger partial charge in [-0.15, -0.1) is 0 Å². The van der Waals surface area contributed by atoms with Crippen LogP contribution in [0.25, 0.3) is 5.69 Å². The number of rotatable bonds is 7. The third-order valence-electron chi connectivity index (χ3n) is 6.59. The predicted molar refractivity (Wildman–Crippen MR) is 143 cm³/mol. The Balaban J connectivity index is 1.55. The van der Waals surface area contributed by atoms with E-state index >= 15 is 0 Å². The molecule has 0 aliphatic carbocycles. The van der Waals surface area contributed by atoms with Crippen molar-refractivity contribution in [2.75, 3.05) is 25.1 Å². The number of hydrogen-bond donors (Lipinski definition) is 2. The molecule has 1 aliphatic heterocycles. The zero-order chi connectivity index (χ0) is 25.9. The van der Waals surface area contributed by atoms with Crippen molar-refractivity contribution >= 4 is 11.7 Å². The van der Waals surface area contributed by atoms with Crippen molar-refractivity contribution in [3.8, 4) is 5.69 Å². The summed E-state index contributed by atoms with van der Waals surface area (Å²) in [6, 6.07) is 13.9. The first-order valence-electron chi connectivity index (χ1n) is 12.6. The van der Waals surface area contributed by atoms with Crippen molar-refractivity contribution in [1.29, 1.82) is 0 Å². The van der Waals surface area contributed by atoms with Gasteiger partial charge in [0.1, 0.15) is 0 Å². The van der Waals surface area contributed by atoms with Crippen LogP contribution in [0.15, 0.2) is 61.2 Å². The molecule has 0 bridgehead atoms. The van der Waals surface area contributed by atoms with Crippen molar-refractivity contribution in [3.05, 3.63) is 77.9 Å². The molecule has 4 rings (SSSR count). The van der Waals surface area contributed by atoms with E-state index in [9.17, 15) is 4.79 Å². The van der Waals surface area contributed by atoms with Gasteiger partial charge in [-0.1, -0.05) is 71.9 Å². The molecule has 1 aliphatic rings. The Morgan fingerprint density at radius 2 is 1.61 bits per heavy atom. The minimum atomic E-state index is -1.07. The van der Waals surface area contributed by atoms with Gasteiger partial charge >= 0.3 is 6.03 Å². The lowest BCUT2D eigenvalue weighted by molar-refractivity contribution is -0.303. The monoisotopic (exact) mass is 490 g/mol. The fourth-order valence-electron chi connectivity index (χ4n) is 4.43. The van der Waals surface area contributed by atoms with Crippen LogP contribution in [0.1, 0.15) is 70.1 Å². The molecule has 2 N–H and O–H groups in total. The summed E-state index contributed by atoms with van der Waals surface area (Å²) in [7, 11) is 0. The van der Waals surface area contributed by atoms with Gasteiger partial charge in [0.2, 0.25) is 5.79 Å². The maximum absolute atomic E-state index is 13.2. The van der Waals surface area contributed by atoms with Gasteiger partial charge in [-0.05, 0) is 35.1 Å². The highest BCUT2D eigenvalue weighted by Crippen LogP contribution is 2.37. The Morgan fingerprint density at radius 1 is 1.00 bits per heavy atom. The van der Waals surface area contributed by atoms with Crippen LogP contribution in [0, 0.1) is 5.41 Å². The zero-order valence-corrected chi connectivity index (χ0v) is 22.2. The molecule has 2 aromatic carbocycles. The molecular weight excluding hydrogens is 452 g/mol.